The number of benzene rings is 1. The first-order chi connectivity index (χ1) is 17.9. The number of ether oxygens (including phenoxy) is 1. The second kappa shape index (κ2) is 10.1. The van der Waals surface area contributed by atoms with Crippen molar-refractivity contribution in [2.75, 3.05) is 31.6 Å². The van der Waals surface area contributed by atoms with Crippen molar-refractivity contribution in [2.45, 2.75) is 83.0 Å². The number of carbonyl (C=O) groups excluding carboxylic acids is 3. The molecule has 1 saturated carbocycles. The number of Topliss-reactive ketones (excluding diaryl/α,β-unsaturated/α-hetero) is 1. The Bertz CT molecular complexity index is 1100. The van der Waals surface area contributed by atoms with Crippen LogP contribution in [-0.2, 0) is 20.7 Å². The maximum atomic E-state index is 15.2. The normalized spacial score (nSPS) is 29.6. The van der Waals surface area contributed by atoms with Crippen LogP contribution in [0.2, 0.25) is 0 Å². The van der Waals surface area contributed by atoms with E-state index >= 15 is 4.39 Å². The first-order valence-corrected chi connectivity index (χ1v) is 14.0. The number of hydrogen-bond donors (Lipinski definition) is 1. The van der Waals surface area contributed by atoms with Crippen molar-refractivity contribution < 1.29 is 23.5 Å². The predicted octanol–water partition coefficient (Wildman–Crippen LogP) is 3.36. The number of ketones is 1. The Hall–Kier alpha value is -2.68. The summed E-state index contributed by atoms with van der Waals surface area (Å²) in [5, 5.41) is 0. The van der Waals surface area contributed by atoms with Crippen LogP contribution in [0.4, 0.5) is 14.9 Å². The van der Waals surface area contributed by atoms with Crippen LogP contribution in [0.15, 0.2) is 18.2 Å². The molecule has 0 aromatic heterocycles. The van der Waals surface area contributed by atoms with E-state index in [9.17, 15) is 14.4 Å². The van der Waals surface area contributed by atoms with Gasteiger partial charge in [0.2, 0.25) is 5.91 Å². The molecule has 0 radical (unpaired) electrons. The summed E-state index contributed by atoms with van der Waals surface area (Å²) in [4.78, 5) is 45.0. The number of likely N-dealkylation sites (tertiary alicyclic amines) is 2. The molecule has 1 aromatic rings. The number of anilines is 1. The number of primary amides is 1. The molecule has 3 saturated heterocycles. The molecular weight excluding hydrogens is 487 g/mol. The lowest BCUT2D eigenvalue weighted by Gasteiger charge is -2.36. The summed E-state index contributed by atoms with van der Waals surface area (Å²) in [6.07, 6.45) is 3.09. The van der Waals surface area contributed by atoms with Crippen molar-refractivity contribution in [1.29, 1.82) is 0 Å². The Morgan fingerprint density at radius 1 is 1.13 bits per heavy atom. The highest BCUT2D eigenvalue weighted by Gasteiger charge is 2.52. The van der Waals surface area contributed by atoms with E-state index in [1.807, 2.05) is 6.07 Å². The van der Waals surface area contributed by atoms with Gasteiger partial charge in [0.15, 0.2) is 5.78 Å². The molecule has 2 unspecified atom stereocenters. The minimum Gasteiger partial charge on any atom is -0.444 e. The third kappa shape index (κ3) is 5.26. The molecule has 6 atom stereocenters. The van der Waals surface area contributed by atoms with Gasteiger partial charge in [-0.25, -0.2) is 9.18 Å². The zero-order valence-electron chi connectivity index (χ0n) is 23.0. The number of hydrogen-bond acceptors (Lipinski definition) is 6. The second-order valence-electron chi connectivity index (χ2n) is 12.8. The summed E-state index contributed by atoms with van der Waals surface area (Å²) in [5.41, 5.74) is 6.24. The van der Waals surface area contributed by atoms with E-state index in [1.54, 1.807) is 31.7 Å². The van der Waals surface area contributed by atoms with Gasteiger partial charge in [-0.1, -0.05) is 6.07 Å². The summed E-state index contributed by atoms with van der Waals surface area (Å²) < 4.78 is 20.8. The molecule has 8 nitrogen and oxygen atoms in total. The van der Waals surface area contributed by atoms with Gasteiger partial charge in [0, 0.05) is 43.2 Å². The Morgan fingerprint density at radius 2 is 1.89 bits per heavy atom. The molecule has 9 heteroatoms. The molecule has 2 bridgehead atoms. The number of fused-ring (bicyclic) bond motifs is 3. The smallest absolute Gasteiger partial charge is 0.411 e. The van der Waals surface area contributed by atoms with Gasteiger partial charge in [-0.3, -0.25) is 14.5 Å². The van der Waals surface area contributed by atoms with E-state index in [0.717, 1.165) is 44.6 Å². The summed E-state index contributed by atoms with van der Waals surface area (Å²) in [7, 11) is 2.15. The van der Waals surface area contributed by atoms with Gasteiger partial charge >= 0.3 is 6.09 Å². The topological polar surface area (TPSA) is 96.2 Å². The highest BCUT2D eigenvalue weighted by molar-refractivity contribution is 5.92. The predicted molar refractivity (Wildman–Crippen MR) is 142 cm³/mol. The van der Waals surface area contributed by atoms with E-state index in [0.29, 0.717) is 17.5 Å². The number of likely N-dealkylation sites (N-methyl/N-ethyl adjacent to an activating group) is 1. The number of nitrogens with zero attached hydrogens (tertiary/aromatic N) is 3. The number of carbonyl (C=O) groups is 3. The van der Waals surface area contributed by atoms with Gasteiger partial charge in [-0.15, -0.1) is 0 Å². The Balaban J connectivity index is 1.26. The highest BCUT2D eigenvalue weighted by Crippen LogP contribution is 2.44. The number of piperidine rings is 1. The fraction of sp³-hybridized carbons (Fsp3) is 0.690. The molecule has 0 spiro atoms. The average molecular weight is 529 g/mol. The van der Waals surface area contributed by atoms with Crippen LogP contribution >= 0.6 is 0 Å². The van der Waals surface area contributed by atoms with Crippen molar-refractivity contribution in [3.63, 3.8) is 0 Å². The zero-order valence-corrected chi connectivity index (χ0v) is 23.0. The number of halogens is 1. The van der Waals surface area contributed by atoms with Gasteiger partial charge in [-0.2, -0.15) is 0 Å². The average Bonchev–Trinajstić information content (AvgIpc) is 3.60. The lowest BCUT2D eigenvalue weighted by molar-refractivity contribution is -0.131. The Labute approximate surface area is 224 Å². The third-order valence-corrected chi connectivity index (χ3v) is 9.06. The zero-order chi connectivity index (χ0) is 27.4. The van der Waals surface area contributed by atoms with Crippen LogP contribution in [0, 0.1) is 23.6 Å². The molecule has 1 aromatic carbocycles. The molecule has 5 rings (SSSR count). The maximum Gasteiger partial charge on any atom is 0.411 e. The van der Waals surface area contributed by atoms with Crippen molar-refractivity contribution in [3.8, 4) is 0 Å². The van der Waals surface area contributed by atoms with Crippen molar-refractivity contribution >= 4 is 23.5 Å². The largest absolute Gasteiger partial charge is 0.444 e. The molecule has 4 fully saturated rings. The minimum absolute atomic E-state index is 0.0225. The lowest BCUT2D eigenvalue weighted by atomic mass is 9.87. The van der Waals surface area contributed by atoms with E-state index in [2.05, 4.69) is 16.8 Å². The molecular formula is C29H41FN4O4. The maximum absolute atomic E-state index is 15.2. The molecule has 1 aliphatic carbocycles. The quantitative estimate of drug-likeness (QED) is 0.583. The highest BCUT2D eigenvalue weighted by atomic mass is 19.1. The van der Waals surface area contributed by atoms with Crippen LogP contribution < -0.4 is 10.6 Å². The molecule has 2 amide bonds. The SMILES string of the molecule is CN1CCC2CN(c3ccc(C[C@H](CC(=O)[C@@H]4[C@H]5CC[C@H](C5)N4C(=O)OC(C)(C)C)C(N)=O)c(F)c3)CC21. The van der Waals surface area contributed by atoms with Crippen LogP contribution in [0.25, 0.3) is 0 Å². The van der Waals surface area contributed by atoms with Crippen LogP contribution in [0.5, 0.6) is 0 Å². The summed E-state index contributed by atoms with van der Waals surface area (Å²) in [6.45, 7) is 8.31. The molecule has 4 aliphatic rings. The first kappa shape index (κ1) is 26.9. The van der Waals surface area contributed by atoms with E-state index < -0.39 is 29.6 Å². The van der Waals surface area contributed by atoms with Gasteiger partial charge < -0.3 is 20.3 Å². The van der Waals surface area contributed by atoms with E-state index in [4.69, 9.17) is 10.5 Å². The monoisotopic (exact) mass is 528 g/mol. The third-order valence-electron chi connectivity index (χ3n) is 9.06. The van der Waals surface area contributed by atoms with Gasteiger partial charge in [-0.05, 0) is 96.0 Å². The standard InChI is InChI=1S/C29H41FN4O4/c1-29(2,3)38-28(37)34-22-8-6-18(12-22)26(34)25(35)13-20(27(31)36)11-17-5-7-21(14-23(17)30)33-15-19-9-10-32(4)24(19)16-33/h5,7,14,18-20,22,24,26H,6,8-13,15-16H2,1-4H3,(H2,31,36)/t18-,19?,20+,22+,24?,26-/m0/s1. The molecule has 38 heavy (non-hydrogen) atoms. The van der Waals surface area contributed by atoms with Gasteiger partial charge in [0.25, 0.3) is 0 Å². The van der Waals surface area contributed by atoms with Crippen molar-refractivity contribution in [1.82, 2.24) is 9.80 Å². The fourth-order valence-electron chi connectivity index (χ4n) is 7.16. The van der Waals surface area contributed by atoms with Crippen molar-refractivity contribution in [2.24, 2.45) is 23.5 Å². The first-order valence-electron chi connectivity index (χ1n) is 14.0. The fourth-order valence-corrected chi connectivity index (χ4v) is 7.16. The van der Waals surface area contributed by atoms with Gasteiger partial charge in [0.1, 0.15) is 11.4 Å². The van der Waals surface area contributed by atoms with Crippen LogP contribution in [0.1, 0.15) is 58.4 Å². The molecule has 3 heterocycles. The Kier molecular flexibility index (Phi) is 7.18. The molecule has 2 N–H and O–H groups in total. The molecule has 3 aliphatic heterocycles. The lowest BCUT2D eigenvalue weighted by Crippen LogP contribution is -2.51. The minimum atomic E-state index is -0.845. The van der Waals surface area contributed by atoms with Gasteiger partial charge in [0.05, 0.1) is 6.04 Å². The molecule has 208 valence electrons. The number of rotatable bonds is 7. The van der Waals surface area contributed by atoms with Crippen LogP contribution in [-0.4, -0.2) is 78.0 Å². The number of nitrogens with two attached hydrogens (primary N) is 1. The van der Waals surface area contributed by atoms with Crippen LogP contribution in [0.3, 0.4) is 0 Å². The number of amides is 2. The second-order valence-corrected chi connectivity index (χ2v) is 12.8. The summed E-state index contributed by atoms with van der Waals surface area (Å²) >= 11 is 0. The summed E-state index contributed by atoms with van der Waals surface area (Å²) in [6, 6.07) is 5.02. The Morgan fingerprint density at radius 3 is 2.55 bits per heavy atom. The van der Waals surface area contributed by atoms with E-state index in [1.165, 1.54) is 12.5 Å². The van der Waals surface area contributed by atoms with E-state index in [-0.39, 0.29) is 36.4 Å². The van der Waals surface area contributed by atoms with Crippen molar-refractivity contribution in [3.05, 3.63) is 29.6 Å². The summed E-state index contributed by atoms with van der Waals surface area (Å²) in [5.74, 6) is -1.40.